The second-order valence-electron chi connectivity index (χ2n) is 10.3. The van der Waals surface area contributed by atoms with Crippen LogP contribution in [0.25, 0.3) is 6.08 Å². The van der Waals surface area contributed by atoms with Crippen LogP contribution in [0.5, 0.6) is 0 Å². The lowest BCUT2D eigenvalue weighted by Crippen LogP contribution is -2.30. The summed E-state index contributed by atoms with van der Waals surface area (Å²) in [6, 6.07) is 28.7. The zero-order chi connectivity index (χ0) is 31.6. The lowest BCUT2D eigenvalue weighted by molar-refractivity contribution is -0.116. The summed E-state index contributed by atoms with van der Waals surface area (Å²) in [5, 5.41) is 8.93. The number of rotatable bonds is 11. The van der Waals surface area contributed by atoms with Gasteiger partial charge in [0, 0.05) is 21.8 Å². The van der Waals surface area contributed by atoms with E-state index < -0.39 is 17.1 Å². The summed E-state index contributed by atoms with van der Waals surface area (Å²) in [5.74, 6) is -0.682. The van der Waals surface area contributed by atoms with Gasteiger partial charge in [-0.25, -0.2) is 0 Å². The molecule has 0 saturated heterocycles. The Hall–Kier alpha value is -4.04. The highest BCUT2D eigenvalue weighted by atomic mass is 35.5. The van der Waals surface area contributed by atoms with E-state index in [0.29, 0.717) is 39.3 Å². The van der Waals surface area contributed by atoms with Gasteiger partial charge in [-0.05, 0) is 78.1 Å². The number of hydrogen-bond donors (Lipinski definition) is 3. The third-order valence-corrected chi connectivity index (χ3v) is 8.76. The summed E-state index contributed by atoms with van der Waals surface area (Å²) in [4.78, 5) is 40.3. The van der Waals surface area contributed by atoms with Crippen molar-refractivity contribution in [1.29, 1.82) is 0 Å². The van der Waals surface area contributed by atoms with E-state index in [4.69, 9.17) is 23.2 Å². The molecule has 0 aliphatic rings. The molecule has 0 bridgehead atoms. The first-order valence-electron chi connectivity index (χ1n) is 14.1. The van der Waals surface area contributed by atoms with Crippen LogP contribution in [0.1, 0.15) is 54.6 Å². The molecule has 4 aromatic rings. The van der Waals surface area contributed by atoms with Crippen molar-refractivity contribution in [2.45, 2.75) is 43.3 Å². The van der Waals surface area contributed by atoms with Crippen molar-refractivity contribution in [3.05, 3.63) is 129 Å². The molecule has 0 saturated carbocycles. The molecule has 6 nitrogen and oxygen atoms in total. The molecule has 3 N–H and O–H groups in total. The van der Waals surface area contributed by atoms with Crippen LogP contribution in [0.3, 0.4) is 0 Å². The molecule has 226 valence electrons. The van der Waals surface area contributed by atoms with Crippen molar-refractivity contribution < 1.29 is 14.4 Å². The third-order valence-electron chi connectivity index (χ3n) is 6.66. The Bertz CT molecular complexity index is 1660. The lowest BCUT2D eigenvalue weighted by atomic mass is 10.0. The van der Waals surface area contributed by atoms with E-state index in [1.165, 1.54) is 17.3 Å². The molecule has 0 heterocycles. The molecule has 1 atom stereocenters. The molecule has 4 aromatic carbocycles. The molecule has 0 aromatic heterocycles. The molecule has 0 radical (unpaired) electrons. The van der Waals surface area contributed by atoms with Crippen LogP contribution in [0.4, 0.5) is 11.4 Å². The van der Waals surface area contributed by atoms with Gasteiger partial charge < -0.3 is 16.0 Å². The molecule has 0 spiro atoms. The van der Waals surface area contributed by atoms with Crippen molar-refractivity contribution in [3.63, 3.8) is 0 Å². The number of amides is 3. The van der Waals surface area contributed by atoms with Crippen LogP contribution in [-0.4, -0.2) is 23.0 Å². The summed E-state index contributed by atoms with van der Waals surface area (Å²) in [7, 11) is 0. The fourth-order valence-electron chi connectivity index (χ4n) is 4.21. The highest BCUT2D eigenvalue weighted by molar-refractivity contribution is 8.00. The predicted molar refractivity (Wildman–Crippen MR) is 183 cm³/mol. The largest absolute Gasteiger partial charge is 0.325 e. The van der Waals surface area contributed by atoms with E-state index in [9.17, 15) is 14.4 Å². The highest BCUT2D eigenvalue weighted by Crippen LogP contribution is 2.30. The monoisotopic (exact) mass is 645 g/mol. The Kier molecular flexibility index (Phi) is 11.7. The van der Waals surface area contributed by atoms with Crippen molar-refractivity contribution in [2.24, 2.45) is 0 Å². The van der Waals surface area contributed by atoms with Crippen LogP contribution in [0, 0.1) is 0 Å². The van der Waals surface area contributed by atoms with Gasteiger partial charge in [-0.1, -0.05) is 92.5 Å². The predicted octanol–water partition coefficient (Wildman–Crippen LogP) is 9.04. The van der Waals surface area contributed by atoms with Crippen LogP contribution < -0.4 is 16.0 Å². The van der Waals surface area contributed by atoms with Gasteiger partial charge in [-0.3, -0.25) is 14.4 Å². The Balaban J connectivity index is 1.51. The van der Waals surface area contributed by atoms with Gasteiger partial charge in [-0.15, -0.1) is 11.8 Å². The molecule has 9 heteroatoms. The topological polar surface area (TPSA) is 87.3 Å². The number of nitrogens with one attached hydrogen (secondary N) is 3. The van der Waals surface area contributed by atoms with Crippen LogP contribution in [-0.2, 0) is 9.59 Å². The maximum Gasteiger partial charge on any atom is 0.272 e. The number of anilines is 2. The number of benzene rings is 4. The number of halogens is 2. The molecular formula is C35H33Cl2N3O3S. The second kappa shape index (κ2) is 15.6. The number of carbonyl (C=O) groups is 3. The minimum atomic E-state index is -0.478. The fourth-order valence-corrected chi connectivity index (χ4v) is 5.53. The number of thioether (sulfide) groups is 1. The summed E-state index contributed by atoms with van der Waals surface area (Å²) in [5.41, 5.74) is 3.56. The molecule has 0 aliphatic heterocycles. The zero-order valence-electron chi connectivity index (χ0n) is 24.6. The first-order chi connectivity index (χ1) is 21.1. The van der Waals surface area contributed by atoms with Crippen LogP contribution in [0.2, 0.25) is 10.0 Å². The number of hydrogen-bond acceptors (Lipinski definition) is 4. The summed E-state index contributed by atoms with van der Waals surface area (Å²) >= 11 is 13.5. The SMILES string of the molecule is CCC(Sc1cccc(NC(=O)/C(=C\c2ccc(C(C)C)cc2)NC(=O)c2ccccc2)c1)C(=O)Nc1ccc(Cl)c(Cl)c1. The van der Waals surface area contributed by atoms with Crippen molar-refractivity contribution in [2.75, 3.05) is 10.6 Å². The maximum atomic E-state index is 13.5. The average molecular weight is 647 g/mol. The zero-order valence-corrected chi connectivity index (χ0v) is 26.9. The third kappa shape index (κ3) is 9.23. The van der Waals surface area contributed by atoms with Gasteiger partial charge in [0.05, 0.1) is 15.3 Å². The van der Waals surface area contributed by atoms with Gasteiger partial charge in [0.2, 0.25) is 5.91 Å². The quantitative estimate of drug-likeness (QED) is 0.112. The molecule has 0 fully saturated rings. The Morgan fingerprint density at radius 1 is 0.795 bits per heavy atom. The Morgan fingerprint density at radius 3 is 2.16 bits per heavy atom. The van der Waals surface area contributed by atoms with Crippen LogP contribution in [0.15, 0.2) is 108 Å². The van der Waals surface area contributed by atoms with E-state index >= 15 is 0 Å². The van der Waals surface area contributed by atoms with Crippen LogP contribution >= 0.6 is 35.0 Å². The minimum absolute atomic E-state index is 0.0987. The Morgan fingerprint density at radius 2 is 1.50 bits per heavy atom. The summed E-state index contributed by atoms with van der Waals surface area (Å²) in [6.07, 6.45) is 2.22. The Labute approximate surface area is 272 Å². The fraction of sp³-hybridized carbons (Fsp3) is 0.171. The molecular weight excluding hydrogens is 613 g/mol. The molecule has 44 heavy (non-hydrogen) atoms. The van der Waals surface area contributed by atoms with Crippen molar-refractivity contribution >= 4 is 70.1 Å². The van der Waals surface area contributed by atoms with Crippen molar-refractivity contribution in [3.8, 4) is 0 Å². The van der Waals surface area contributed by atoms with E-state index in [1.807, 2.05) is 43.3 Å². The first-order valence-corrected chi connectivity index (χ1v) is 15.8. The standard InChI is InChI=1S/C35H33Cl2N3O3S/c1-4-32(35(43)39-27-17-18-29(36)30(37)21-27)44-28-12-8-11-26(20-28)38-34(42)31(40-33(41)25-9-6-5-7-10-25)19-23-13-15-24(16-14-23)22(2)3/h5-22,32H,4H2,1-3H3,(H,38,42)(H,39,43)(H,40,41)/b31-19+. The van der Waals surface area contributed by atoms with Gasteiger partial charge in [0.25, 0.3) is 11.8 Å². The minimum Gasteiger partial charge on any atom is -0.325 e. The van der Waals surface area contributed by atoms with E-state index in [2.05, 4.69) is 29.8 Å². The maximum absolute atomic E-state index is 13.5. The lowest BCUT2D eigenvalue weighted by Gasteiger charge is -2.16. The molecule has 0 aliphatic carbocycles. The van der Waals surface area contributed by atoms with E-state index in [0.717, 1.165) is 10.5 Å². The summed E-state index contributed by atoms with van der Waals surface area (Å²) < 4.78 is 0. The summed E-state index contributed by atoms with van der Waals surface area (Å²) in [6.45, 7) is 6.15. The average Bonchev–Trinajstić information content (AvgIpc) is 3.02. The molecule has 4 rings (SSSR count). The normalized spacial score (nSPS) is 12.0. The molecule has 1 unspecified atom stereocenters. The highest BCUT2D eigenvalue weighted by Gasteiger charge is 2.20. The van der Waals surface area contributed by atoms with E-state index in [1.54, 1.807) is 66.7 Å². The number of carbonyl (C=O) groups excluding carboxylic acids is 3. The van der Waals surface area contributed by atoms with Gasteiger partial charge >= 0.3 is 0 Å². The van der Waals surface area contributed by atoms with Crippen molar-refractivity contribution in [1.82, 2.24) is 5.32 Å². The smallest absolute Gasteiger partial charge is 0.272 e. The first kappa shape index (κ1) is 32.9. The van der Waals surface area contributed by atoms with Gasteiger partial charge in [0.1, 0.15) is 5.70 Å². The molecule has 3 amide bonds. The van der Waals surface area contributed by atoms with Gasteiger partial charge in [0.15, 0.2) is 0 Å². The van der Waals surface area contributed by atoms with E-state index in [-0.39, 0.29) is 11.6 Å². The van der Waals surface area contributed by atoms with Gasteiger partial charge in [-0.2, -0.15) is 0 Å². The second-order valence-corrected chi connectivity index (χ2v) is 12.4.